The second kappa shape index (κ2) is 4.90. The SMILES string of the molecule is CCNS(=O)(=O)c1ccccc1NCC1(C)CC1. The van der Waals surface area contributed by atoms with E-state index in [1.165, 1.54) is 12.8 Å². The van der Waals surface area contributed by atoms with E-state index in [-0.39, 0.29) is 0 Å². The Bertz CT molecular complexity index is 522. The molecule has 0 heterocycles. The lowest BCUT2D eigenvalue weighted by atomic mass is 10.1. The molecule has 0 unspecified atom stereocenters. The van der Waals surface area contributed by atoms with E-state index in [2.05, 4.69) is 17.0 Å². The van der Waals surface area contributed by atoms with E-state index >= 15 is 0 Å². The zero-order valence-corrected chi connectivity index (χ0v) is 11.7. The second-order valence-electron chi connectivity index (χ2n) is 5.16. The summed E-state index contributed by atoms with van der Waals surface area (Å²) >= 11 is 0. The van der Waals surface area contributed by atoms with Crippen LogP contribution in [-0.4, -0.2) is 21.5 Å². The van der Waals surface area contributed by atoms with E-state index < -0.39 is 10.0 Å². The molecule has 1 aliphatic carbocycles. The van der Waals surface area contributed by atoms with Crippen molar-refractivity contribution in [2.75, 3.05) is 18.4 Å². The van der Waals surface area contributed by atoms with Crippen LogP contribution in [0.2, 0.25) is 0 Å². The van der Waals surface area contributed by atoms with E-state index in [0.29, 0.717) is 22.5 Å². The Balaban J connectivity index is 2.19. The molecule has 5 heteroatoms. The number of hydrogen-bond acceptors (Lipinski definition) is 3. The lowest BCUT2D eigenvalue weighted by Gasteiger charge is -2.15. The van der Waals surface area contributed by atoms with Gasteiger partial charge in [-0.25, -0.2) is 13.1 Å². The van der Waals surface area contributed by atoms with Gasteiger partial charge in [-0.2, -0.15) is 0 Å². The van der Waals surface area contributed by atoms with Gasteiger partial charge in [-0.1, -0.05) is 26.0 Å². The zero-order chi connectivity index (χ0) is 13.2. The number of anilines is 1. The number of hydrogen-bond donors (Lipinski definition) is 2. The van der Waals surface area contributed by atoms with Crippen LogP contribution in [0.1, 0.15) is 26.7 Å². The van der Waals surface area contributed by atoms with E-state index in [9.17, 15) is 8.42 Å². The Morgan fingerprint density at radius 2 is 1.94 bits per heavy atom. The minimum absolute atomic E-state index is 0.330. The lowest BCUT2D eigenvalue weighted by molar-refractivity contribution is 0.582. The first-order valence-electron chi connectivity index (χ1n) is 6.29. The maximum Gasteiger partial charge on any atom is 0.242 e. The first-order chi connectivity index (χ1) is 8.47. The third-order valence-corrected chi connectivity index (χ3v) is 4.92. The van der Waals surface area contributed by atoms with Gasteiger partial charge in [0.05, 0.1) is 5.69 Å². The molecule has 1 saturated carbocycles. The zero-order valence-electron chi connectivity index (χ0n) is 10.9. The quantitative estimate of drug-likeness (QED) is 0.831. The molecule has 1 aromatic carbocycles. The molecule has 4 nitrogen and oxygen atoms in total. The summed E-state index contributed by atoms with van der Waals surface area (Å²) in [6.07, 6.45) is 2.42. The van der Waals surface area contributed by atoms with Gasteiger partial charge in [0.1, 0.15) is 4.90 Å². The molecule has 0 atom stereocenters. The van der Waals surface area contributed by atoms with Crippen LogP contribution in [0.3, 0.4) is 0 Å². The molecule has 0 saturated heterocycles. The van der Waals surface area contributed by atoms with Crippen molar-refractivity contribution in [2.45, 2.75) is 31.6 Å². The maximum atomic E-state index is 12.0. The van der Waals surface area contributed by atoms with E-state index in [1.807, 2.05) is 12.1 Å². The predicted octanol–water partition coefficient (Wildman–Crippen LogP) is 2.20. The summed E-state index contributed by atoms with van der Waals surface area (Å²) in [4.78, 5) is 0.330. The average Bonchev–Trinajstić information content (AvgIpc) is 3.06. The molecule has 0 aliphatic heterocycles. The van der Waals surface area contributed by atoms with Crippen LogP contribution in [0.25, 0.3) is 0 Å². The molecule has 18 heavy (non-hydrogen) atoms. The van der Waals surface area contributed by atoms with Crippen molar-refractivity contribution in [3.8, 4) is 0 Å². The molecule has 1 fully saturated rings. The van der Waals surface area contributed by atoms with Crippen LogP contribution in [0, 0.1) is 5.41 Å². The number of nitrogens with one attached hydrogen (secondary N) is 2. The molecule has 1 aromatic rings. The van der Waals surface area contributed by atoms with Crippen molar-refractivity contribution in [1.82, 2.24) is 4.72 Å². The molecule has 0 aromatic heterocycles. The van der Waals surface area contributed by atoms with Gasteiger partial charge in [0.15, 0.2) is 0 Å². The van der Waals surface area contributed by atoms with Crippen LogP contribution in [0.5, 0.6) is 0 Å². The van der Waals surface area contributed by atoms with Crippen LogP contribution < -0.4 is 10.0 Å². The summed E-state index contributed by atoms with van der Waals surface area (Å²) in [5, 5.41) is 3.26. The molecule has 2 rings (SSSR count). The van der Waals surface area contributed by atoms with Crippen molar-refractivity contribution in [3.05, 3.63) is 24.3 Å². The van der Waals surface area contributed by atoms with Gasteiger partial charge in [0.2, 0.25) is 10.0 Å². The average molecular weight is 268 g/mol. The van der Waals surface area contributed by atoms with Gasteiger partial charge < -0.3 is 5.32 Å². The highest BCUT2D eigenvalue weighted by Gasteiger charge is 2.37. The third kappa shape index (κ3) is 3.03. The number of sulfonamides is 1. The Kier molecular flexibility index (Phi) is 3.64. The third-order valence-electron chi connectivity index (χ3n) is 3.32. The molecular formula is C13H20N2O2S. The number of para-hydroxylation sites is 1. The van der Waals surface area contributed by atoms with Crippen LogP contribution in [-0.2, 0) is 10.0 Å². The minimum atomic E-state index is -3.40. The fourth-order valence-corrected chi connectivity index (χ4v) is 3.04. The summed E-state index contributed by atoms with van der Waals surface area (Å²) in [6, 6.07) is 7.04. The standard InChI is InChI=1S/C13H20N2O2S/c1-3-15-18(16,17)12-7-5-4-6-11(12)14-10-13(2)8-9-13/h4-7,14-15H,3,8-10H2,1-2H3. The molecule has 0 spiro atoms. The largest absolute Gasteiger partial charge is 0.383 e. The highest BCUT2D eigenvalue weighted by atomic mass is 32.2. The highest BCUT2D eigenvalue weighted by molar-refractivity contribution is 7.89. The highest BCUT2D eigenvalue weighted by Crippen LogP contribution is 2.44. The van der Waals surface area contributed by atoms with Gasteiger partial charge in [0.25, 0.3) is 0 Å². The molecule has 0 bridgehead atoms. The number of benzene rings is 1. The van der Waals surface area contributed by atoms with E-state index in [0.717, 1.165) is 6.54 Å². The van der Waals surface area contributed by atoms with E-state index in [1.54, 1.807) is 19.1 Å². The molecular weight excluding hydrogens is 248 g/mol. The Labute approximate surface area is 109 Å². The van der Waals surface area contributed by atoms with E-state index in [4.69, 9.17) is 0 Å². The Morgan fingerprint density at radius 1 is 1.28 bits per heavy atom. The van der Waals surface area contributed by atoms with Crippen molar-refractivity contribution in [2.24, 2.45) is 5.41 Å². The second-order valence-corrected chi connectivity index (χ2v) is 6.90. The summed E-state index contributed by atoms with van der Waals surface area (Å²) in [5.41, 5.74) is 1.03. The fraction of sp³-hybridized carbons (Fsp3) is 0.538. The van der Waals surface area contributed by atoms with Gasteiger partial charge in [-0.3, -0.25) is 0 Å². The maximum absolute atomic E-state index is 12.0. The molecule has 100 valence electrons. The Morgan fingerprint density at radius 3 is 2.56 bits per heavy atom. The summed E-state index contributed by atoms with van der Waals surface area (Å²) < 4.78 is 26.6. The minimum Gasteiger partial charge on any atom is -0.383 e. The summed E-state index contributed by atoms with van der Waals surface area (Å²) in [5.74, 6) is 0. The molecule has 0 radical (unpaired) electrons. The van der Waals surface area contributed by atoms with Gasteiger partial charge in [-0.15, -0.1) is 0 Å². The normalized spacial score (nSPS) is 17.4. The number of rotatable bonds is 6. The van der Waals surface area contributed by atoms with Crippen LogP contribution in [0.15, 0.2) is 29.2 Å². The van der Waals surface area contributed by atoms with Crippen molar-refractivity contribution in [3.63, 3.8) is 0 Å². The molecule has 1 aliphatic rings. The fourth-order valence-electron chi connectivity index (χ4n) is 1.81. The molecule has 0 amide bonds. The predicted molar refractivity (Wildman–Crippen MR) is 73.1 cm³/mol. The summed E-state index contributed by atoms with van der Waals surface area (Å²) in [6.45, 7) is 5.21. The van der Waals surface area contributed by atoms with Crippen molar-refractivity contribution in [1.29, 1.82) is 0 Å². The first-order valence-corrected chi connectivity index (χ1v) is 7.78. The summed E-state index contributed by atoms with van der Waals surface area (Å²) in [7, 11) is -3.40. The van der Waals surface area contributed by atoms with Crippen LogP contribution >= 0.6 is 0 Å². The van der Waals surface area contributed by atoms with Gasteiger partial charge >= 0.3 is 0 Å². The smallest absolute Gasteiger partial charge is 0.242 e. The van der Waals surface area contributed by atoms with Crippen LogP contribution in [0.4, 0.5) is 5.69 Å². The topological polar surface area (TPSA) is 58.2 Å². The first kappa shape index (κ1) is 13.4. The van der Waals surface area contributed by atoms with Gasteiger partial charge in [-0.05, 0) is 30.4 Å². The lowest BCUT2D eigenvalue weighted by Crippen LogP contribution is -2.24. The van der Waals surface area contributed by atoms with Crippen molar-refractivity contribution >= 4 is 15.7 Å². The van der Waals surface area contributed by atoms with Gasteiger partial charge in [0, 0.05) is 13.1 Å². The molecule has 2 N–H and O–H groups in total. The monoisotopic (exact) mass is 268 g/mol. The van der Waals surface area contributed by atoms with Crippen molar-refractivity contribution < 1.29 is 8.42 Å². The Hall–Kier alpha value is -1.07.